The van der Waals surface area contributed by atoms with Gasteiger partial charge in [-0.25, -0.2) is 0 Å². The molecular weight excluding hydrogens is 250 g/mol. The van der Waals surface area contributed by atoms with E-state index >= 15 is 0 Å². The Labute approximate surface area is 106 Å². The van der Waals surface area contributed by atoms with Crippen molar-refractivity contribution in [3.05, 3.63) is 40.5 Å². The fourth-order valence-corrected chi connectivity index (χ4v) is 2.75. The lowest BCUT2D eigenvalue weighted by Crippen LogP contribution is -2.09. The molecule has 0 saturated carbocycles. The van der Waals surface area contributed by atoms with Crippen LogP contribution in [0.3, 0.4) is 0 Å². The van der Waals surface area contributed by atoms with Gasteiger partial charge in [0.1, 0.15) is 5.00 Å². The highest BCUT2D eigenvalue weighted by Crippen LogP contribution is 2.39. The number of anilines is 1. The predicted octanol–water partition coefficient (Wildman–Crippen LogP) is 1.67. The summed E-state index contributed by atoms with van der Waals surface area (Å²) in [6.07, 6.45) is 3.53. The molecule has 90 valence electrons. The van der Waals surface area contributed by atoms with Crippen LogP contribution in [-0.2, 0) is 4.79 Å². The Morgan fingerprint density at radius 2 is 2.28 bits per heavy atom. The summed E-state index contributed by atoms with van der Waals surface area (Å²) in [5.41, 5.74) is 7.33. The minimum atomic E-state index is -0.483. The number of carbonyl (C=O) groups is 2. The van der Waals surface area contributed by atoms with Crippen molar-refractivity contribution in [1.29, 1.82) is 0 Å². The molecule has 0 radical (unpaired) electrons. The standard InChI is InChI=1S/C12H9N3O2S/c13-10(16)9-5-8-7(4-6-2-1-3-14-6)11(17)15-12(8)18-9/h1-5,14H,(H2,13,16)(H,15,17). The highest BCUT2D eigenvalue weighted by molar-refractivity contribution is 7.18. The first-order valence-electron chi connectivity index (χ1n) is 5.25. The number of primary amides is 1. The van der Waals surface area contributed by atoms with E-state index in [1.54, 1.807) is 18.3 Å². The van der Waals surface area contributed by atoms with E-state index in [9.17, 15) is 9.59 Å². The van der Waals surface area contributed by atoms with E-state index < -0.39 is 5.91 Å². The van der Waals surface area contributed by atoms with Crippen molar-refractivity contribution in [2.24, 2.45) is 5.73 Å². The number of H-pyrrole nitrogens is 1. The van der Waals surface area contributed by atoms with Crippen LogP contribution in [0.2, 0.25) is 0 Å². The van der Waals surface area contributed by atoms with Gasteiger partial charge in [0.25, 0.3) is 11.8 Å². The number of aromatic amines is 1. The van der Waals surface area contributed by atoms with Gasteiger partial charge in [-0.05, 0) is 24.3 Å². The molecule has 0 spiro atoms. The summed E-state index contributed by atoms with van der Waals surface area (Å²) in [6.45, 7) is 0. The Morgan fingerprint density at radius 3 is 2.94 bits per heavy atom. The van der Waals surface area contributed by atoms with Gasteiger partial charge in [0.05, 0.1) is 10.5 Å². The topological polar surface area (TPSA) is 88.0 Å². The SMILES string of the molecule is NC(=O)c1cc2c(s1)NC(=O)C2=Cc1ccc[nH]1. The second-order valence-electron chi connectivity index (χ2n) is 3.86. The second-order valence-corrected chi connectivity index (χ2v) is 4.91. The highest BCUT2D eigenvalue weighted by Gasteiger charge is 2.27. The van der Waals surface area contributed by atoms with Crippen LogP contribution in [-0.4, -0.2) is 16.8 Å². The molecule has 6 heteroatoms. The van der Waals surface area contributed by atoms with E-state index in [2.05, 4.69) is 10.3 Å². The van der Waals surface area contributed by atoms with Crippen molar-refractivity contribution >= 4 is 39.8 Å². The molecule has 2 amide bonds. The number of fused-ring (bicyclic) bond motifs is 1. The zero-order valence-corrected chi connectivity index (χ0v) is 10.0. The van der Waals surface area contributed by atoms with Gasteiger partial charge in [0.15, 0.2) is 0 Å². The lowest BCUT2D eigenvalue weighted by molar-refractivity contribution is -0.110. The van der Waals surface area contributed by atoms with Gasteiger partial charge in [-0.15, -0.1) is 11.3 Å². The third-order valence-electron chi connectivity index (χ3n) is 2.66. The summed E-state index contributed by atoms with van der Waals surface area (Å²) in [6, 6.07) is 5.36. The van der Waals surface area contributed by atoms with Gasteiger partial charge < -0.3 is 16.0 Å². The molecule has 2 aromatic heterocycles. The van der Waals surface area contributed by atoms with Crippen LogP contribution in [0.4, 0.5) is 5.00 Å². The van der Waals surface area contributed by atoms with Crippen LogP contribution in [0, 0.1) is 0 Å². The van der Waals surface area contributed by atoms with Crippen LogP contribution < -0.4 is 11.1 Å². The zero-order chi connectivity index (χ0) is 12.7. The number of carbonyl (C=O) groups excluding carboxylic acids is 2. The van der Waals surface area contributed by atoms with E-state index in [1.807, 2.05) is 12.1 Å². The maximum atomic E-state index is 11.8. The second kappa shape index (κ2) is 3.85. The van der Waals surface area contributed by atoms with Crippen LogP contribution in [0.1, 0.15) is 20.9 Å². The summed E-state index contributed by atoms with van der Waals surface area (Å²) >= 11 is 1.19. The monoisotopic (exact) mass is 259 g/mol. The molecule has 18 heavy (non-hydrogen) atoms. The van der Waals surface area contributed by atoms with Crippen LogP contribution in [0.5, 0.6) is 0 Å². The molecule has 4 N–H and O–H groups in total. The van der Waals surface area contributed by atoms with Crippen LogP contribution in [0.25, 0.3) is 11.6 Å². The lowest BCUT2D eigenvalue weighted by atomic mass is 10.1. The summed E-state index contributed by atoms with van der Waals surface area (Å²) in [5, 5.41) is 3.40. The Balaban J connectivity index is 2.08. The van der Waals surface area contributed by atoms with Crippen molar-refractivity contribution in [3.63, 3.8) is 0 Å². The molecule has 1 aliphatic heterocycles. The van der Waals surface area contributed by atoms with E-state index in [-0.39, 0.29) is 5.91 Å². The van der Waals surface area contributed by atoms with Crippen molar-refractivity contribution in [1.82, 2.24) is 4.98 Å². The molecule has 2 aromatic rings. The quantitative estimate of drug-likeness (QED) is 0.716. The number of aromatic nitrogens is 1. The molecule has 0 aromatic carbocycles. The lowest BCUT2D eigenvalue weighted by Gasteiger charge is -1.95. The fourth-order valence-electron chi connectivity index (χ4n) is 1.83. The number of nitrogens with one attached hydrogen (secondary N) is 2. The minimum absolute atomic E-state index is 0.165. The van der Waals surface area contributed by atoms with Gasteiger partial charge in [0, 0.05) is 17.5 Å². The molecule has 5 nitrogen and oxygen atoms in total. The molecule has 0 saturated heterocycles. The van der Waals surface area contributed by atoms with Crippen molar-refractivity contribution in [3.8, 4) is 0 Å². The number of thiophene rings is 1. The molecule has 0 fully saturated rings. The first-order valence-corrected chi connectivity index (χ1v) is 6.07. The summed E-state index contributed by atoms with van der Waals surface area (Å²) in [4.78, 5) is 26.3. The van der Waals surface area contributed by atoms with E-state index in [0.29, 0.717) is 15.5 Å². The van der Waals surface area contributed by atoms with E-state index in [1.165, 1.54) is 11.3 Å². The third kappa shape index (κ3) is 1.63. The summed E-state index contributed by atoms with van der Waals surface area (Å²) in [5.74, 6) is -0.648. The third-order valence-corrected chi connectivity index (χ3v) is 3.72. The number of amides is 2. The number of hydrogen-bond acceptors (Lipinski definition) is 3. The van der Waals surface area contributed by atoms with Gasteiger partial charge >= 0.3 is 0 Å². The number of rotatable bonds is 2. The zero-order valence-electron chi connectivity index (χ0n) is 9.19. The molecule has 0 atom stereocenters. The molecule has 0 aliphatic carbocycles. The molecule has 0 bridgehead atoms. The van der Waals surface area contributed by atoms with E-state index in [0.717, 1.165) is 11.3 Å². The van der Waals surface area contributed by atoms with E-state index in [4.69, 9.17) is 5.73 Å². The van der Waals surface area contributed by atoms with Gasteiger partial charge in [-0.1, -0.05) is 0 Å². The summed E-state index contributed by atoms with van der Waals surface area (Å²) in [7, 11) is 0. The molecule has 3 rings (SSSR count). The van der Waals surface area contributed by atoms with Crippen LogP contribution >= 0.6 is 11.3 Å². The molecule has 3 heterocycles. The first kappa shape index (κ1) is 10.8. The van der Waals surface area contributed by atoms with Gasteiger partial charge in [0.2, 0.25) is 0 Å². The molecular formula is C12H9N3O2S. The smallest absolute Gasteiger partial charge is 0.258 e. The van der Waals surface area contributed by atoms with Crippen molar-refractivity contribution < 1.29 is 9.59 Å². The Hall–Kier alpha value is -2.34. The van der Waals surface area contributed by atoms with Crippen molar-refractivity contribution in [2.75, 3.05) is 5.32 Å². The van der Waals surface area contributed by atoms with Gasteiger partial charge in [-0.3, -0.25) is 9.59 Å². The fraction of sp³-hybridized carbons (Fsp3) is 0. The number of nitrogens with two attached hydrogens (primary N) is 1. The first-order chi connectivity index (χ1) is 8.65. The number of hydrogen-bond donors (Lipinski definition) is 3. The highest BCUT2D eigenvalue weighted by atomic mass is 32.1. The predicted molar refractivity (Wildman–Crippen MR) is 70.1 cm³/mol. The average molecular weight is 259 g/mol. The largest absolute Gasteiger partial charge is 0.365 e. The van der Waals surface area contributed by atoms with Crippen LogP contribution in [0.15, 0.2) is 24.4 Å². The van der Waals surface area contributed by atoms with Gasteiger partial charge in [-0.2, -0.15) is 0 Å². The maximum absolute atomic E-state index is 11.8. The van der Waals surface area contributed by atoms with Crippen molar-refractivity contribution in [2.45, 2.75) is 0 Å². The summed E-state index contributed by atoms with van der Waals surface area (Å²) < 4.78 is 0. The Bertz CT molecular complexity index is 668. The Morgan fingerprint density at radius 1 is 1.44 bits per heavy atom. The Kier molecular flexibility index (Phi) is 2.31. The molecule has 1 aliphatic rings. The maximum Gasteiger partial charge on any atom is 0.258 e. The minimum Gasteiger partial charge on any atom is -0.365 e. The normalized spacial score (nSPS) is 15.8. The molecule has 0 unspecified atom stereocenters. The average Bonchev–Trinajstić information content (AvgIpc) is 2.98.